The van der Waals surface area contributed by atoms with Gasteiger partial charge in [-0.15, -0.1) is 0 Å². The average molecular weight is 634 g/mol. The Morgan fingerprint density at radius 3 is 2.18 bits per heavy atom. The predicted molar refractivity (Wildman–Crippen MR) is 170 cm³/mol. The van der Waals surface area contributed by atoms with E-state index in [1.165, 1.54) is 28.4 Å². The molecular formula is C33H31NO10S. The maximum Gasteiger partial charge on any atom is 0.290 e. The van der Waals surface area contributed by atoms with Crippen molar-refractivity contribution in [1.29, 1.82) is 0 Å². The number of ether oxygens (including phenoxy) is 6. The first-order valence-corrected chi connectivity index (χ1v) is 14.6. The number of allylic oxidation sites excluding steroid dienone is 1. The molecular weight excluding hydrogens is 602 g/mol. The molecule has 1 N–H and O–H groups in total. The Kier molecular flexibility index (Phi) is 9.24. The van der Waals surface area contributed by atoms with Crippen LogP contribution in [0.1, 0.15) is 18.1 Å². The number of amides is 2. The second-order valence-corrected chi connectivity index (χ2v) is 10.8. The summed E-state index contributed by atoms with van der Waals surface area (Å²) in [6, 6.07) is 13.8. The number of carbonyl (C=O) groups excluding carboxylic acids is 2. The molecule has 3 aromatic carbocycles. The van der Waals surface area contributed by atoms with Gasteiger partial charge in [-0.1, -0.05) is 6.07 Å². The highest BCUT2D eigenvalue weighted by molar-refractivity contribution is 8.18. The number of aryl methyl sites for hydroxylation is 1. The van der Waals surface area contributed by atoms with Gasteiger partial charge in [0.15, 0.2) is 17.3 Å². The highest BCUT2D eigenvalue weighted by Crippen LogP contribution is 2.39. The van der Waals surface area contributed by atoms with Crippen LogP contribution in [0.25, 0.3) is 27.9 Å². The highest BCUT2D eigenvalue weighted by atomic mass is 32.2. The summed E-state index contributed by atoms with van der Waals surface area (Å²) in [7, 11) is 6.01. The summed E-state index contributed by atoms with van der Waals surface area (Å²) in [6.07, 6.45) is 0. The lowest BCUT2D eigenvalue weighted by Gasteiger charge is -2.16. The Balaban J connectivity index is 1.43. The number of thioether (sulfide) groups is 1. The summed E-state index contributed by atoms with van der Waals surface area (Å²) in [5, 5.41) is 2.09. The molecule has 5 rings (SSSR count). The number of fused-ring (bicyclic) bond motifs is 1. The van der Waals surface area contributed by atoms with Crippen LogP contribution in [-0.4, -0.2) is 52.8 Å². The van der Waals surface area contributed by atoms with Gasteiger partial charge >= 0.3 is 0 Å². The second kappa shape index (κ2) is 13.3. The molecule has 12 heteroatoms. The summed E-state index contributed by atoms with van der Waals surface area (Å²) in [5.41, 5.74) is 2.73. The zero-order valence-corrected chi connectivity index (χ0v) is 26.3. The first kappa shape index (κ1) is 31.3. The van der Waals surface area contributed by atoms with Gasteiger partial charge in [0.2, 0.25) is 11.2 Å². The molecule has 0 aliphatic carbocycles. The number of hydrogen-bond acceptors (Lipinski definition) is 11. The Labute approximate surface area is 263 Å². The van der Waals surface area contributed by atoms with Gasteiger partial charge in [0, 0.05) is 17.7 Å². The monoisotopic (exact) mass is 633 g/mol. The maximum atomic E-state index is 13.9. The molecule has 0 radical (unpaired) electrons. The fourth-order valence-electron chi connectivity index (χ4n) is 4.95. The standard InChI is InChI=1S/C33H31NO10S/c1-17-13-20(8-9-22(17)18(2)31-32(36)34-33(37)45-31)42-11-12-43-30-28(35)27-25(41-6)15-21(38-3)16-26(27)44-29(30)19-7-10-23(39-4)24(14-19)40-5/h7-10,13-16H,11-12H2,1-6H3,(H,34,36,37)/b31-18-. The lowest BCUT2D eigenvalue weighted by molar-refractivity contribution is -0.115. The Morgan fingerprint density at radius 2 is 1.53 bits per heavy atom. The molecule has 1 aliphatic rings. The van der Waals surface area contributed by atoms with Gasteiger partial charge in [-0.05, 0) is 72.6 Å². The molecule has 0 bridgehead atoms. The number of hydrogen-bond donors (Lipinski definition) is 1. The third kappa shape index (κ3) is 6.27. The lowest BCUT2D eigenvalue weighted by Crippen LogP contribution is -2.18. The lowest BCUT2D eigenvalue weighted by atomic mass is 10.0. The van der Waals surface area contributed by atoms with E-state index in [4.69, 9.17) is 32.8 Å². The minimum atomic E-state index is -0.434. The minimum Gasteiger partial charge on any atom is -0.496 e. The average Bonchev–Trinajstić information content (AvgIpc) is 3.39. The summed E-state index contributed by atoms with van der Waals surface area (Å²) in [6.45, 7) is 3.81. The quantitative estimate of drug-likeness (QED) is 0.155. The van der Waals surface area contributed by atoms with E-state index in [2.05, 4.69) is 5.32 Å². The van der Waals surface area contributed by atoms with Crippen LogP contribution in [-0.2, 0) is 4.79 Å². The third-order valence-corrected chi connectivity index (χ3v) is 8.13. The molecule has 1 aromatic heterocycles. The number of benzene rings is 3. The molecule has 2 heterocycles. The predicted octanol–water partition coefficient (Wildman–Crippen LogP) is 5.97. The van der Waals surface area contributed by atoms with Gasteiger partial charge in [-0.2, -0.15) is 0 Å². The van der Waals surface area contributed by atoms with Crippen molar-refractivity contribution in [1.82, 2.24) is 5.32 Å². The van der Waals surface area contributed by atoms with Crippen LogP contribution in [0.2, 0.25) is 0 Å². The van der Waals surface area contributed by atoms with Crippen molar-refractivity contribution in [2.75, 3.05) is 41.7 Å². The molecule has 1 fully saturated rings. The topological polar surface area (TPSA) is 132 Å². The minimum absolute atomic E-state index is 0.0117. The van der Waals surface area contributed by atoms with Gasteiger partial charge in [0.25, 0.3) is 11.1 Å². The van der Waals surface area contributed by atoms with E-state index >= 15 is 0 Å². The van der Waals surface area contributed by atoms with Gasteiger partial charge in [-0.25, -0.2) is 0 Å². The molecule has 234 valence electrons. The van der Waals surface area contributed by atoms with Crippen molar-refractivity contribution in [3.8, 4) is 45.8 Å². The van der Waals surface area contributed by atoms with Crippen molar-refractivity contribution in [2.45, 2.75) is 13.8 Å². The number of rotatable bonds is 11. The van der Waals surface area contributed by atoms with E-state index in [0.29, 0.717) is 39.0 Å². The molecule has 1 aliphatic heterocycles. The van der Waals surface area contributed by atoms with E-state index in [1.54, 1.807) is 43.3 Å². The molecule has 2 amide bonds. The van der Waals surface area contributed by atoms with E-state index in [9.17, 15) is 14.4 Å². The maximum absolute atomic E-state index is 13.9. The highest BCUT2D eigenvalue weighted by Gasteiger charge is 2.28. The molecule has 11 nitrogen and oxygen atoms in total. The van der Waals surface area contributed by atoms with Crippen molar-refractivity contribution in [2.24, 2.45) is 0 Å². The van der Waals surface area contributed by atoms with Crippen LogP contribution in [0.15, 0.2) is 62.6 Å². The summed E-state index contributed by atoms with van der Waals surface area (Å²) >= 11 is 0.885. The second-order valence-electron chi connectivity index (χ2n) is 9.83. The van der Waals surface area contributed by atoms with Crippen molar-refractivity contribution in [3.05, 3.63) is 74.8 Å². The summed E-state index contributed by atoms with van der Waals surface area (Å²) in [5.74, 6) is 2.00. The summed E-state index contributed by atoms with van der Waals surface area (Å²) in [4.78, 5) is 38.0. The van der Waals surface area contributed by atoms with Gasteiger partial charge < -0.3 is 32.8 Å². The molecule has 0 spiro atoms. The van der Waals surface area contributed by atoms with Crippen molar-refractivity contribution in [3.63, 3.8) is 0 Å². The van der Waals surface area contributed by atoms with E-state index in [1.807, 2.05) is 19.1 Å². The number of methoxy groups -OCH3 is 4. The molecule has 1 saturated heterocycles. The van der Waals surface area contributed by atoms with E-state index in [-0.39, 0.29) is 46.7 Å². The molecule has 0 unspecified atom stereocenters. The molecule has 4 aromatic rings. The number of imide groups is 1. The third-order valence-electron chi connectivity index (χ3n) is 7.15. The zero-order valence-electron chi connectivity index (χ0n) is 25.5. The van der Waals surface area contributed by atoms with Crippen LogP contribution in [0.5, 0.6) is 34.5 Å². The first-order chi connectivity index (χ1) is 21.7. The fraction of sp³-hybridized carbons (Fsp3) is 0.242. The summed E-state index contributed by atoms with van der Waals surface area (Å²) < 4.78 is 39.9. The van der Waals surface area contributed by atoms with Gasteiger partial charge in [-0.3, -0.25) is 19.7 Å². The van der Waals surface area contributed by atoms with Gasteiger partial charge in [0.1, 0.15) is 41.4 Å². The molecule has 0 saturated carbocycles. The molecule has 0 atom stereocenters. The van der Waals surface area contributed by atoms with Gasteiger partial charge in [0.05, 0.1) is 33.3 Å². The van der Waals surface area contributed by atoms with Crippen LogP contribution in [0.3, 0.4) is 0 Å². The Hall–Kier alpha value is -5.10. The first-order valence-electron chi connectivity index (χ1n) is 13.7. The number of carbonyl (C=O) groups is 2. The van der Waals surface area contributed by atoms with Crippen LogP contribution in [0, 0.1) is 6.92 Å². The Morgan fingerprint density at radius 1 is 0.800 bits per heavy atom. The van der Waals surface area contributed by atoms with E-state index < -0.39 is 11.3 Å². The van der Waals surface area contributed by atoms with Crippen molar-refractivity contribution >= 4 is 39.5 Å². The van der Waals surface area contributed by atoms with E-state index in [0.717, 1.165) is 22.9 Å². The largest absolute Gasteiger partial charge is 0.496 e. The zero-order chi connectivity index (χ0) is 32.2. The van der Waals surface area contributed by atoms with Crippen LogP contribution < -0.4 is 39.2 Å². The molecule has 45 heavy (non-hydrogen) atoms. The SMILES string of the molecule is COc1cc(OC)c2c(=O)c(OCCOc3ccc(/C(C)=C4\SC(=O)NC4=O)c(C)c3)c(-c3ccc(OC)c(OC)c3)oc2c1. The Bertz CT molecular complexity index is 1900. The van der Waals surface area contributed by atoms with Crippen LogP contribution in [0.4, 0.5) is 4.79 Å². The normalized spacial score (nSPS) is 13.8. The smallest absolute Gasteiger partial charge is 0.290 e. The fourth-order valence-corrected chi connectivity index (χ4v) is 5.69. The van der Waals surface area contributed by atoms with Crippen molar-refractivity contribution < 1.29 is 42.4 Å². The van der Waals surface area contributed by atoms with Crippen LogP contribution >= 0.6 is 11.8 Å². The number of nitrogens with one attached hydrogen (secondary N) is 1.